The van der Waals surface area contributed by atoms with Gasteiger partial charge in [-0.25, -0.2) is 0 Å². The van der Waals surface area contributed by atoms with Crippen LogP contribution in [0.2, 0.25) is 0 Å². The summed E-state index contributed by atoms with van der Waals surface area (Å²) in [6, 6.07) is 7.44. The number of aliphatic carboxylic acids is 1. The average Bonchev–Trinajstić information content (AvgIpc) is 2.37. The predicted molar refractivity (Wildman–Crippen MR) is 68.2 cm³/mol. The lowest BCUT2D eigenvalue weighted by atomic mass is 10.3. The van der Waals surface area contributed by atoms with E-state index in [1.54, 1.807) is 7.11 Å². The minimum absolute atomic E-state index is 0.144. The van der Waals surface area contributed by atoms with Gasteiger partial charge in [0.2, 0.25) is 0 Å². The van der Waals surface area contributed by atoms with Crippen molar-refractivity contribution in [3.63, 3.8) is 0 Å². The number of ether oxygens (including phenoxy) is 2. The van der Waals surface area contributed by atoms with Gasteiger partial charge in [-0.15, -0.1) is 0 Å². The number of methoxy groups -OCH3 is 1. The molecular weight excluding hydrogens is 234 g/mol. The lowest BCUT2D eigenvalue weighted by molar-refractivity contribution is -0.137. The molecule has 0 radical (unpaired) electrons. The van der Waals surface area contributed by atoms with Gasteiger partial charge in [0.1, 0.15) is 6.61 Å². The molecule has 0 aliphatic rings. The second kappa shape index (κ2) is 7.55. The quantitative estimate of drug-likeness (QED) is 0.760. The van der Waals surface area contributed by atoms with Gasteiger partial charge >= 0.3 is 5.97 Å². The molecule has 5 nitrogen and oxygen atoms in total. The number of carboxylic acids is 1. The fourth-order valence-electron chi connectivity index (χ4n) is 1.45. The third kappa shape index (κ3) is 5.05. The minimum Gasteiger partial charge on any atom is -0.493 e. The molecule has 0 spiro atoms. The number of benzene rings is 1. The molecule has 0 unspecified atom stereocenters. The summed E-state index contributed by atoms with van der Waals surface area (Å²) in [5, 5.41) is 8.56. The van der Waals surface area contributed by atoms with Gasteiger partial charge in [0.15, 0.2) is 11.5 Å². The predicted octanol–water partition coefficient (Wildman–Crippen LogP) is 1.48. The van der Waals surface area contributed by atoms with Crippen molar-refractivity contribution in [1.29, 1.82) is 0 Å². The Morgan fingerprint density at radius 1 is 1.28 bits per heavy atom. The first-order valence-electron chi connectivity index (χ1n) is 5.79. The molecule has 1 aromatic carbocycles. The van der Waals surface area contributed by atoms with E-state index < -0.39 is 5.97 Å². The van der Waals surface area contributed by atoms with E-state index in [1.165, 1.54) is 0 Å². The van der Waals surface area contributed by atoms with E-state index in [1.807, 2.05) is 36.2 Å². The van der Waals surface area contributed by atoms with Crippen LogP contribution >= 0.6 is 0 Å². The number of carboxylic acid groups (broad SMARTS) is 1. The molecule has 0 amide bonds. The Labute approximate surface area is 107 Å². The second-order valence-electron chi connectivity index (χ2n) is 3.95. The van der Waals surface area contributed by atoms with Crippen LogP contribution in [0.1, 0.15) is 6.42 Å². The molecule has 0 fully saturated rings. The van der Waals surface area contributed by atoms with Crippen molar-refractivity contribution in [2.75, 3.05) is 33.9 Å². The Morgan fingerprint density at radius 3 is 2.56 bits per heavy atom. The Morgan fingerprint density at radius 2 is 1.94 bits per heavy atom. The van der Waals surface area contributed by atoms with Crippen LogP contribution in [0.4, 0.5) is 0 Å². The molecule has 0 saturated carbocycles. The SMILES string of the molecule is COc1ccccc1OCCN(C)CCC(=O)O. The summed E-state index contributed by atoms with van der Waals surface area (Å²) in [6.07, 6.45) is 0.144. The van der Waals surface area contributed by atoms with Crippen LogP contribution in [0.5, 0.6) is 11.5 Å². The van der Waals surface area contributed by atoms with Crippen LogP contribution in [-0.4, -0.2) is 49.8 Å². The van der Waals surface area contributed by atoms with E-state index in [0.717, 1.165) is 0 Å². The molecule has 0 heterocycles. The van der Waals surface area contributed by atoms with Gasteiger partial charge in [0.25, 0.3) is 0 Å². The highest BCUT2D eigenvalue weighted by atomic mass is 16.5. The van der Waals surface area contributed by atoms with Crippen molar-refractivity contribution in [3.05, 3.63) is 24.3 Å². The van der Waals surface area contributed by atoms with Crippen LogP contribution in [0.25, 0.3) is 0 Å². The zero-order valence-corrected chi connectivity index (χ0v) is 10.8. The smallest absolute Gasteiger partial charge is 0.304 e. The van der Waals surface area contributed by atoms with E-state index in [9.17, 15) is 4.79 Å². The van der Waals surface area contributed by atoms with Crippen LogP contribution in [0, 0.1) is 0 Å². The van der Waals surface area contributed by atoms with Crippen molar-refractivity contribution in [1.82, 2.24) is 4.90 Å². The normalized spacial score (nSPS) is 10.4. The molecule has 1 N–H and O–H groups in total. The molecule has 1 rings (SSSR count). The molecule has 0 atom stereocenters. The van der Waals surface area contributed by atoms with Crippen molar-refractivity contribution in [2.45, 2.75) is 6.42 Å². The monoisotopic (exact) mass is 253 g/mol. The number of rotatable bonds is 8. The third-order valence-corrected chi connectivity index (χ3v) is 2.51. The van der Waals surface area contributed by atoms with E-state index in [2.05, 4.69) is 0 Å². The fourth-order valence-corrected chi connectivity index (χ4v) is 1.45. The first-order valence-corrected chi connectivity index (χ1v) is 5.79. The van der Waals surface area contributed by atoms with Crippen LogP contribution in [0.15, 0.2) is 24.3 Å². The van der Waals surface area contributed by atoms with Crippen molar-refractivity contribution in [2.24, 2.45) is 0 Å². The third-order valence-electron chi connectivity index (χ3n) is 2.51. The van der Waals surface area contributed by atoms with Crippen LogP contribution in [0.3, 0.4) is 0 Å². The summed E-state index contributed by atoms with van der Waals surface area (Å²) in [6.45, 7) is 1.69. The minimum atomic E-state index is -0.785. The highest BCUT2D eigenvalue weighted by Gasteiger charge is 2.05. The summed E-state index contributed by atoms with van der Waals surface area (Å²) in [4.78, 5) is 12.3. The fraction of sp³-hybridized carbons (Fsp3) is 0.462. The Hall–Kier alpha value is -1.75. The summed E-state index contributed by atoms with van der Waals surface area (Å²) in [5.74, 6) is 0.616. The Bertz CT molecular complexity index is 381. The zero-order chi connectivity index (χ0) is 13.4. The van der Waals surface area contributed by atoms with E-state index >= 15 is 0 Å². The lowest BCUT2D eigenvalue weighted by Crippen LogP contribution is -2.26. The van der Waals surface area contributed by atoms with Gasteiger partial charge in [-0.05, 0) is 19.2 Å². The van der Waals surface area contributed by atoms with Gasteiger partial charge in [-0.3, -0.25) is 4.79 Å². The standard InChI is InChI=1S/C13H19NO4/c1-14(8-7-13(15)16)9-10-18-12-6-4-3-5-11(12)17-2/h3-6H,7-10H2,1-2H3,(H,15,16). The summed E-state index contributed by atoms with van der Waals surface area (Å²) in [7, 11) is 3.47. The van der Waals surface area contributed by atoms with E-state index in [-0.39, 0.29) is 6.42 Å². The number of hydrogen-bond donors (Lipinski definition) is 1. The number of nitrogens with zero attached hydrogens (tertiary/aromatic N) is 1. The Kier molecular flexibility index (Phi) is 6.00. The van der Waals surface area contributed by atoms with E-state index in [4.69, 9.17) is 14.6 Å². The molecule has 0 saturated heterocycles. The largest absolute Gasteiger partial charge is 0.493 e. The number of hydrogen-bond acceptors (Lipinski definition) is 4. The maximum absolute atomic E-state index is 10.4. The van der Waals surface area contributed by atoms with Crippen molar-refractivity contribution in [3.8, 4) is 11.5 Å². The number of para-hydroxylation sites is 2. The molecule has 0 aliphatic heterocycles. The maximum atomic E-state index is 10.4. The number of carbonyl (C=O) groups is 1. The molecular formula is C13H19NO4. The van der Waals surface area contributed by atoms with Crippen LogP contribution in [-0.2, 0) is 4.79 Å². The summed E-state index contributed by atoms with van der Waals surface area (Å²) >= 11 is 0. The highest BCUT2D eigenvalue weighted by molar-refractivity contribution is 5.66. The van der Waals surface area contributed by atoms with Gasteiger partial charge < -0.3 is 19.5 Å². The Balaban J connectivity index is 2.30. The molecule has 1 aromatic rings. The zero-order valence-electron chi connectivity index (χ0n) is 10.8. The van der Waals surface area contributed by atoms with Crippen molar-refractivity contribution < 1.29 is 19.4 Å². The first kappa shape index (κ1) is 14.3. The molecule has 5 heteroatoms. The number of likely N-dealkylation sites (N-methyl/N-ethyl adjacent to an activating group) is 1. The van der Waals surface area contributed by atoms with Gasteiger partial charge in [-0.1, -0.05) is 12.1 Å². The maximum Gasteiger partial charge on any atom is 0.304 e. The lowest BCUT2D eigenvalue weighted by Gasteiger charge is -2.16. The van der Waals surface area contributed by atoms with Gasteiger partial charge in [0.05, 0.1) is 13.5 Å². The van der Waals surface area contributed by atoms with E-state index in [0.29, 0.717) is 31.2 Å². The van der Waals surface area contributed by atoms with Crippen LogP contribution < -0.4 is 9.47 Å². The average molecular weight is 253 g/mol. The van der Waals surface area contributed by atoms with Gasteiger partial charge in [-0.2, -0.15) is 0 Å². The molecule has 0 aliphatic carbocycles. The highest BCUT2D eigenvalue weighted by Crippen LogP contribution is 2.25. The molecule has 0 bridgehead atoms. The molecule has 18 heavy (non-hydrogen) atoms. The summed E-state index contributed by atoms with van der Waals surface area (Å²) < 4.78 is 10.8. The topological polar surface area (TPSA) is 59.0 Å². The molecule has 0 aromatic heterocycles. The summed E-state index contributed by atoms with van der Waals surface area (Å²) in [5.41, 5.74) is 0. The molecule has 100 valence electrons. The van der Waals surface area contributed by atoms with Crippen molar-refractivity contribution >= 4 is 5.97 Å². The first-order chi connectivity index (χ1) is 8.63. The second-order valence-corrected chi connectivity index (χ2v) is 3.95. The van der Waals surface area contributed by atoms with Gasteiger partial charge in [0, 0.05) is 13.1 Å².